The maximum absolute atomic E-state index is 13.9. The number of hydrogen-bond donors (Lipinski definition) is 1. The highest BCUT2D eigenvalue weighted by atomic mass is 35.5. The van der Waals surface area contributed by atoms with Crippen molar-refractivity contribution in [3.63, 3.8) is 0 Å². The van der Waals surface area contributed by atoms with Gasteiger partial charge in [0.25, 0.3) is 5.91 Å². The molecule has 8 heteroatoms. The van der Waals surface area contributed by atoms with E-state index in [0.717, 1.165) is 15.9 Å². The predicted octanol–water partition coefficient (Wildman–Crippen LogP) is 5.51. The summed E-state index contributed by atoms with van der Waals surface area (Å²) in [5.74, 6) is -1.08. The molecule has 1 aliphatic rings. The van der Waals surface area contributed by atoms with E-state index >= 15 is 0 Å². The number of nitrogens with one attached hydrogen (secondary N) is 1. The normalized spacial score (nSPS) is 16.6. The average molecular weight is 560 g/mol. The van der Waals surface area contributed by atoms with Gasteiger partial charge in [0.1, 0.15) is 0 Å². The fourth-order valence-electron chi connectivity index (χ4n) is 5.19. The van der Waals surface area contributed by atoms with Crippen molar-refractivity contribution in [2.24, 2.45) is 0 Å². The second-order valence-corrected chi connectivity index (χ2v) is 10.4. The lowest BCUT2D eigenvalue weighted by Gasteiger charge is -2.42. The third kappa shape index (κ3) is 5.92. The van der Waals surface area contributed by atoms with Crippen LogP contribution in [0.3, 0.4) is 0 Å². The van der Waals surface area contributed by atoms with Gasteiger partial charge in [-0.25, -0.2) is 0 Å². The molecule has 1 aromatic heterocycles. The molecule has 39 heavy (non-hydrogen) atoms. The molecule has 0 bridgehead atoms. The summed E-state index contributed by atoms with van der Waals surface area (Å²) in [5, 5.41) is 15.8. The van der Waals surface area contributed by atoms with E-state index in [2.05, 4.69) is 5.32 Å². The van der Waals surface area contributed by atoms with Gasteiger partial charge in [0.05, 0.1) is 12.0 Å². The van der Waals surface area contributed by atoms with E-state index in [-0.39, 0.29) is 18.4 Å². The lowest BCUT2D eigenvalue weighted by Crippen LogP contribution is -2.48. The van der Waals surface area contributed by atoms with Crippen molar-refractivity contribution in [3.8, 4) is 0 Å². The summed E-state index contributed by atoms with van der Waals surface area (Å²) < 4.78 is 0.735. The van der Waals surface area contributed by atoms with Crippen LogP contribution >= 0.6 is 23.2 Å². The zero-order valence-corrected chi connectivity index (χ0v) is 22.6. The van der Waals surface area contributed by atoms with Crippen molar-refractivity contribution in [2.75, 3.05) is 13.1 Å². The number of halogens is 2. The number of amides is 2. The zero-order chi connectivity index (χ0) is 27.4. The topological polar surface area (TPSA) is 76.4 Å². The van der Waals surface area contributed by atoms with Crippen molar-refractivity contribution in [1.29, 1.82) is 0 Å². The third-order valence-electron chi connectivity index (χ3n) is 7.04. The molecule has 1 aliphatic heterocycles. The monoisotopic (exact) mass is 559 g/mol. The Morgan fingerprint density at radius 3 is 2.41 bits per heavy atom. The molecule has 2 heterocycles. The number of carbonyl (C=O) groups excluding carboxylic acids is 2. The van der Waals surface area contributed by atoms with Crippen LogP contribution in [0.4, 0.5) is 0 Å². The predicted molar refractivity (Wildman–Crippen MR) is 152 cm³/mol. The number of fused-ring (bicyclic) bond motifs is 1. The summed E-state index contributed by atoms with van der Waals surface area (Å²) in [4.78, 5) is 29.5. The van der Waals surface area contributed by atoms with E-state index in [0.29, 0.717) is 46.1 Å². The van der Waals surface area contributed by atoms with E-state index in [9.17, 15) is 14.8 Å². The minimum absolute atomic E-state index is 0.191. The number of carbonyl (C=O) groups is 2. The Morgan fingerprint density at radius 2 is 1.64 bits per heavy atom. The van der Waals surface area contributed by atoms with E-state index < -0.39 is 12.0 Å². The van der Waals surface area contributed by atoms with Gasteiger partial charge in [-0.1, -0.05) is 77.8 Å². The van der Waals surface area contributed by atoms with Gasteiger partial charge in [-0.2, -0.15) is 4.73 Å². The van der Waals surface area contributed by atoms with Gasteiger partial charge in [0.15, 0.2) is 12.4 Å². The summed E-state index contributed by atoms with van der Waals surface area (Å²) in [7, 11) is 0. The number of hydrogen-bond acceptors (Lipinski definition) is 3. The second-order valence-electron chi connectivity index (χ2n) is 9.52. The van der Waals surface area contributed by atoms with Crippen LogP contribution in [0.5, 0.6) is 0 Å². The standard InChI is InChI=1S/C31H27Cl2N3O3/c32-23-12-13-26(27(33)19-23)29-28(30(37)34-16-14-21-7-2-1-3-8-21)24-10-4-5-11-25(24)31(38)36(29)18-15-22-9-6-17-35(39)20-22/h1-13,17,19-20,28-29H,14-16,18H2,(H,34,37)/t28-,29+/m1/s1. The Kier molecular flexibility index (Phi) is 8.15. The molecule has 0 unspecified atom stereocenters. The minimum Gasteiger partial charge on any atom is -0.619 e. The molecule has 0 radical (unpaired) electrons. The molecule has 2 amide bonds. The molecular weight excluding hydrogens is 533 g/mol. The SMILES string of the molecule is O=C(NCCc1ccccc1)[C@@H]1c2ccccc2C(=O)N(CCc2ccc[n+]([O-])c2)[C@H]1c1ccc(Cl)cc1Cl. The van der Waals surface area contributed by atoms with Crippen molar-refractivity contribution in [3.05, 3.63) is 140 Å². The highest BCUT2D eigenvalue weighted by Crippen LogP contribution is 2.45. The summed E-state index contributed by atoms with van der Waals surface area (Å²) in [6, 6.07) is 25.1. The first-order valence-electron chi connectivity index (χ1n) is 12.8. The molecule has 5 rings (SSSR count). The molecule has 3 aromatic carbocycles. The van der Waals surface area contributed by atoms with Crippen LogP contribution in [-0.2, 0) is 17.6 Å². The number of nitrogens with zero attached hydrogens (tertiary/aromatic N) is 2. The molecule has 0 saturated heterocycles. The number of benzene rings is 3. The van der Waals surface area contributed by atoms with E-state index in [1.807, 2.05) is 48.5 Å². The highest BCUT2D eigenvalue weighted by Gasteiger charge is 2.44. The third-order valence-corrected chi connectivity index (χ3v) is 7.60. The summed E-state index contributed by atoms with van der Waals surface area (Å²) in [6.45, 7) is 0.735. The fraction of sp³-hybridized carbons (Fsp3) is 0.194. The molecule has 4 aromatic rings. The van der Waals surface area contributed by atoms with Gasteiger partial charge in [0, 0.05) is 40.3 Å². The molecule has 0 fully saturated rings. The fourth-order valence-corrected chi connectivity index (χ4v) is 5.71. The lowest BCUT2D eigenvalue weighted by molar-refractivity contribution is -0.605. The molecule has 198 valence electrons. The Balaban J connectivity index is 1.52. The summed E-state index contributed by atoms with van der Waals surface area (Å²) >= 11 is 12.9. The average Bonchev–Trinajstić information content (AvgIpc) is 2.93. The number of rotatable bonds is 8. The van der Waals surface area contributed by atoms with Crippen LogP contribution in [0.1, 0.15) is 44.6 Å². The summed E-state index contributed by atoms with van der Waals surface area (Å²) in [5.41, 5.74) is 3.68. The van der Waals surface area contributed by atoms with Gasteiger partial charge in [0.2, 0.25) is 5.91 Å². The largest absolute Gasteiger partial charge is 0.619 e. The zero-order valence-electron chi connectivity index (χ0n) is 21.1. The van der Waals surface area contributed by atoms with E-state index in [1.54, 1.807) is 41.3 Å². The van der Waals surface area contributed by atoms with Gasteiger partial charge in [-0.05, 0) is 53.8 Å². The first kappa shape index (κ1) is 26.7. The first-order chi connectivity index (χ1) is 18.9. The van der Waals surface area contributed by atoms with Gasteiger partial charge < -0.3 is 15.4 Å². The maximum atomic E-state index is 13.9. The molecular formula is C31H27Cl2N3O3. The molecule has 0 saturated carbocycles. The quantitative estimate of drug-likeness (QED) is 0.228. The van der Waals surface area contributed by atoms with Crippen LogP contribution in [0, 0.1) is 5.21 Å². The van der Waals surface area contributed by atoms with Crippen LogP contribution in [-0.4, -0.2) is 29.8 Å². The molecule has 0 aliphatic carbocycles. The first-order valence-corrected chi connectivity index (χ1v) is 13.5. The Labute approximate surface area is 237 Å². The second kappa shape index (κ2) is 11.9. The van der Waals surface area contributed by atoms with E-state index in [4.69, 9.17) is 23.2 Å². The van der Waals surface area contributed by atoms with Crippen molar-refractivity contribution in [1.82, 2.24) is 10.2 Å². The molecule has 0 spiro atoms. The lowest BCUT2D eigenvalue weighted by atomic mass is 9.79. The molecule has 6 nitrogen and oxygen atoms in total. The van der Waals surface area contributed by atoms with Gasteiger partial charge in [-0.15, -0.1) is 0 Å². The Bertz CT molecular complexity index is 1500. The van der Waals surface area contributed by atoms with Crippen molar-refractivity contribution < 1.29 is 14.3 Å². The Hall–Kier alpha value is -3.87. The number of pyridine rings is 1. The van der Waals surface area contributed by atoms with Crippen LogP contribution in [0.25, 0.3) is 0 Å². The van der Waals surface area contributed by atoms with Gasteiger partial charge in [-0.3, -0.25) is 9.59 Å². The van der Waals surface area contributed by atoms with Crippen LogP contribution < -0.4 is 10.0 Å². The molecule has 1 N–H and O–H groups in total. The van der Waals surface area contributed by atoms with Gasteiger partial charge >= 0.3 is 0 Å². The van der Waals surface area contributed by atoms with Crippen LogP contribution in [0.15, 0.2) is 97.3 Å². The van der Waals surface area contributed by atoms with Crippen molar-refractivity contribution in [2.45, 2.75) is 24.8 Å². The summed E-state index contributed by atoms with van der Waals surface area (Å²) in [6.07, 6.45) is 4.01. The Morgan fingerprint density at radius 1 is 0.897 bits per heavy atom. The highest BCUT2D eigenvalue weighted by molar-refractivity contribution is 6.35. The molecule has 2 atom stereocenters. The number of aromatic nitrogens is 1. The smallest absolute Gasteiger partial charge is 0.254 e. The van der Waals surface area contributed by atoms with E-state index in [1.165, 1.54) is 12.4 Å². The van der Waals surface area contributed by atoms with Crippen molar-refractivity contribution >= 4 is 35.0 Å². The van der Waals surface area contributed by atoms with Crippen LogP contribution in [0.2, 0.25) is 10.0 Å². The maximum Gasteiger partial charge on any atom is 0.254 e. The minimum atomic E-state index is -0.700.